The van der Waals surface area contributed by atoms with Crippen molar-refractivity contribution >= 4 is 11.4 Å². The molecule has 104 valence electrons. The Kier molecular flexibility index (Phi) is 4.31. The fourth-order valence-corrected chi connectivity index (χ4v) is 2.61. The van der Waals surface area contributed by atoms with E-state index in [0.29, 0.717) is 31.1 Å². The van der Waals surface area contributed by atoms with E-state index in [1.165, 1.54) is 12.1 Å². The number of hydrogen-bond acceptors (Lipinski definition) is 4. The highest BCUT2D eigenvalue weighted by Gasteiger charge is 2.25. The van der Waals surface area contributed by atoms with Crippen molar-refractivity contribution in [1.82, 2.24) is 0 Å². The third-order valence-corrected chi connectivity index (χ3v) is 3.53. The minimum atomic E-state index is -0.482. The minimum Gasteiger partial charge on any atom is -0.396 e. The average Bonchev–Trinajstić information content (AvgIpc) is 2.39. The molecule has 1 aromatic rings. The molecule has 1 N–H and O–H groups in total. The number of aliphatic hydroxyl groups is 1. The summed E-state index contributed by atoms with van der Waals surface area (Å²) in [4.78, 5) is 12.4. The molecule has 0 radical (unpaired) electrons. The zero-order valence-electron chi connectivity index (χ0n) is 10.6. The van der Waals surface area contributed by atoms with Gasteiger partial charge in [0, 0.05) is 31.8 Å². The zero-order valence-corrected chi connectivity index (χ0v) is 10.6. The topological polar surface area (TPSA) is 66.6 Å². The Morgan fingerprint density at radius 3 is 3.00 bits per heavy atom. The smallest absolute Gasteiger partial charge is 0.292 e. The average molecular weight is 268 g/mol. The summed E-state index contributed by atoms with van der Waals surface area (Å²) in [5.41, 5.74) is 0.277. The Morgan fingerprint density at radius 1 is 1.53 bits per heavy atom. The molecule has 5 nitrogen and oxygen atoms in total. The lowest BCUT2D eigenvalue weighted by atomic mass is 9.94. The molecule has 1 unspecified atom stereocenters. The Balaban J connectivity index is 2.24. The molecule has 6 heteroatoms. The Bertz CT molecular complexity index is 465. The predicted octanol–water partition coefficient (Wildman–Crippen LogP) is 2.33. The van der Waals surface area contributed by atoms with E-state index >= 15 is 0 Å². The highest BCUT2D eigenvalue weighted by Crippen LogP contribution is 2.32. The second-order valence-corrected chi connectivity index (χ2v) is 4.86. The zero-order chi connectivity index (χ0) is 13.8. The summed E-state index contributed by atoms with van der Waals surface area (Å²) in [6, 6.07) is 3.54. The molecule has 0 amide bonds. The van der Waals surface area contributed by atoms with Gasteiger partial charge in [-0.05, 0) is 31.2 Å². The van der Waals surface area contributed by atoms with E-state index in [0.717, 1.165) is 18.9 Å². The lowest BCUT2D eigenvalue weighted by molar-refractivity contribution is -0.384. The molecule has 0 aromatic heterocycles. The number of nitrogens with zero attached hydrogens (tertiary/aromatic N) is 2. The summed E-state index contributed by atoms with van der Waals surface area (Å²) in [6.45, 7) is 1.43. The van der Waals surface area contributed by atoms with Crippen LogP contribution in [0, 0.1) is 21.8 Å². The van der Waals surface area contributed by atoms with Crippen molar-refractivity contribution in [1.29, 1.82) is 0 Å². The largest absolute Gasteiger partial charge is 0.396 e. The van der Waals surface area contributed by atoms with Crippen LogP contribution in [0.5, 0.6) is 0 Å². The van der Waals surface area contributed by atoms with Gasteiger partial charge in [0.2, 0.25) is 0 Å². The van der Waals surface area contributed by atoms with Gasteiger partial charge < -0.3 is 10.0 Å². The van der Waals surface area contributed by atoms with Crippen LogP contribution in [0.25, 0.3) is 0 Å². The number of nitro groups is 1. The standard InChI is InChI=1S/C13H17FN2O3/c14-11-3-4-12(16(18)19)13(8-11)15-6-1-2-10(9-15)5-7-17/h3-4,8,10,17H,1-2,5-7,9H2. The van der Waals surface area contributed by atoms with Crippen molar-refractivity contribution in [2.75, 3.05) is 24.6 Å². The highest BCUT2D eigenvalue weighted by molar-refractivity contribution is 5.63. The molecule has 1 saturated heterocycles. The minimum absolute atomic E-state index is 0.0638. The Hall–Kier alpha value is -1.69. The fraction of sp³-hybridized carbons (Fsp3) is 0.538. The summed E-state index contributed by atoms with van der Waals surface area (Å²) in [5.74, 6) is -0.161. The van der Waals surface area contributed by atoms with Crippen molar-refractivity contribution in [3.63, 3.8) is 0 Å². The van der Waals surface area contributed by atoms with Gasteiger partial charge in [-0.1, -0.05) is 0 Å². The van der Waals surface area contributed by atoms with Gasteiger partial charge in [0.25, 0.3) is 5.69 Å². The summed E-state index contributed by atoms with van der Waals surface area (Å²) in [6.07, 6.45) is 2.58. The van der Waals surface area contributed by atoms with Crippen LogP contribution >= 0.6 is 0 Å². The van der Waals surface area contributed by atoms with Gasteiger partial charge in [-0.25, -0.2) is 4.39 Å². The van der Waals surface area contributed by atoms with Gasteiger partial charge in [-0.15, -0.1) is 0 Å². The molecule has 1 heterocycles. The fourth-order valence-electron chi connectivity index (χ4n) is 2.61. The first-order valence-corrected chi connectivity index (χ1v) is 6.41. The number of halogens is 1. The molecule has 0 bridgehead atoms. The number of piperidine rings is 1. The van der Waals surface area contributed by atoms with E-state index < -0.39 is 10.7 Å². The van der Waals surface area contributed by atoms with Crippen molar-refractivity contribution in [2.24, 2.45) is 5.92 Å². The van der Waals surface area contributed by atoms with Crippen LogP contribution in [0.4, 0.5) is 15.8 Å². The monoisotopic (exact) mass is 268 g/mol. The summed E-state index contributed by atoms with van der Waals surface area (Å²) < 4.78 is 13.3. The molecular formula is C13H17FN2O3. The molecule has 1 fully saturated rings. The molecular weight excluding hydrogens is 251 g/mol. The first kappa shape index (κ1) is 13.7. The van der Waals surface area contributed by atoms with Crippen molar-refractivity contribution < 1.29 is 14.4 Å². The molecule has 0 saturated carbocycles. The number of aliphatic hydroxyl groups excluding tert-OH is 1. The second-order valence-electron chi connectivity index (χ2n) is 4.86. The maximum atomic E-state index is 13.3. The molecule has 2 rings (SSSR count). The van der Waals surface area contributed by atoms with E-state index in [-0.39, 0.29) is 12.3 Å². The first-order valence-electron chi connectivity index (χ1n) is 6.41. The van der Waals surface area contributed by atoms with Crippen molar-refractivity contribution in [2.45, 2.75) is 19.3 Å². The van der Waals surface area contributed by atoms with E-state index in [9.17, 15) is 14.5 Å². The lowest BCUT2D eigenvalue weighted by Crippen LogP contribution is -2.36. The number of nitro benzene ring substituents is 1. The van der Waals surface area contributed by atoms with Gasteiger partial charge in [-0.2, -0.15) is 0 Å². The van der Waals surface area contributed by atoms with Gasteiger partial charge in [0.1, 0.15) is 11.5 Å². The van der Waals surface area contributed by atoms with Gasteiger partial charge in [0.05, 0.1) is 4.92 Å². The van der Waals surface area contributed by atoms with E-state index in [4.69, 9.17) is 5.11 Å². The van der Waals surface area contributed by atoms with Crippen LogP contribution in [0.3, 0.4) is 0 Å². The van der Waals surface area contributed by atoms with Crippen LogP contribution in [0.1, 0.15) is 19.3 Å². The normalized spacial score (nSPS) is 19.5. The van der Waals surface area contributed by atoms with Gasteiger partial charge >= 0.3 is 0 Å². The second kappa shape index (κ2) is 5.97. The maximum Gasteiger partial charge on any atom is 0.292 e. The Morgan fingerprint density at radius 2 is 2.32 bits per heavy atom. The summed E-state index contributed by atoms with van der Waals surface area (Å²) in [5, 5.41) is 20.0. The van der Waals surface area contributed by atoms with E-state index in [1.54, 1.807) is 0 Å². The first-order chi connectivity index (χ1) is 9.11. The van der Waals surface area contributed by atoms with Gasteiger partial charge in [-0.3, -0.25) is 10.1 Å². The molecule has 0 spiro atoms. The van der Waals surface area contributed by atoms with Crippen LogP contribution < -0.4 is 4.90 Å². The highest BCUT2D eigenvalue weighted by atomic mass is 19.1. The maximum absolute atomic E-state index is 13.3. The van der Waals surface area contributed by atoms with Crippen LogP contribution in [-0.2, 0) is 0 Å². The molecule has 1 aliphatic rings. The van der Waals surface area contributed by atoms with Crippen LogP contribution in [-0.4, -0.2) is 29.7 Å². The molecule has 19 heavy (non-hydrogen) atoms. The molecule has 1 aromatic carbocycles. The Labute approximate surface area is 110 Å². The molecule has 1 aliphatic heterocycles. The van der Waals surface area contributed by atoms with Crippen LogP contribution in [0.2, 0.25) is 0 Å². The molecule has 0 aliphatic carbocycles. The van der Waals surface area contributed by atoms with Gasteiger partial charge in [0.15, 0.2) is 0 Å². The van der Waals surface area contributed by atoms with Crippen LogP contribution in [0.15, 0.2) is 18.2 Å². The third kappa shape index (κ3) is 3.20. The summed E-state index contributed by atoms with van der Waals surface area (Å²) in [7, 11) is 0. The van der Waals surface area contributed by atoms with E-state index in [1.807, 2.05) is 4.90 Å². The van der Waals surface area contributed by atoms with Crippen molar-refractivity contribution in [3.8, 4) is 0 Å². The SMILES string of the molecule is O=[N+]([O-])c1ccc(F)cc1N1CCCC(CCO)C1. The summed E-state index contributed by atoms with van der Waals surface area (Å²) >= 11 is 0. The third-order valence-electron chi connectivity index (χ3n) is 3.53. The number of rotatable bonds is 4. The molecule has 1 atom stereocenters. The lowest BCUT2D eigenvalue weighted by Gasteiger charge is -2.33. The predicted molar refractivity (Wildman–Crippen MR) is 69.7 cm³/mol. The number of hydrogen-bond donors (Lipinski definition) is 1. The quantitative estimate of drug-likeness (QED) is 0.672. The number of benzene rings is 1. The van der Waals surface area contributed by atoms with E-state index in [2.05, 4.69) is 0 Å². The number of anilines is 1. The van der Waals surface area contributed by atoms with Crippen molar-refractivity contribution in [3.05, 3.63) is 34.1 Å².